The van der Waals surface area contributed by atoms with Gasteiger partial charge in [0.1, 0.15) is 11.5 Å². The molecule has 3 aromatic carbocycles. The smallest absolute Gasteiger partial charge is 0.335 e. The minimum absolute atomic E-state index is 0.0398. The maximum atomic E-state index is 13.5. The highest BCUT2D eigenvalue weighted by Gasteiger charge is 2.31. The quantitative estimate of drug-likeness (QED) is 0.425. The van der Waals surface area contributed by atoms with Crippen molar-refractivity contribution in [1.29, 1.82) is 0 Å². The number of halogens is 3. The molecule has 0 saturated heterocycles. The summed E-state index contributed by atoms with van der Waals surface area (Å²) < 4.78 is 41.6. The number of hydrogen-bond acceptors (Lipinski definition) is 5. The second-order valence-electron chi connectivity index (χ2n) is 6.59. The first-order valence-corrected chi connectivity index (χ1v) is 11.2. The molecule has 7 nitrogen and oxygen atoms in total. The Morgan fingerprint density at radius 1 is 0.969 bits per heavy atom. The lowest BCUT2D eigenvalue weighted by atomic mass is 10.1. The van der Waals surface area contributed by atoms with Crippen LogP contribution in [0.2, 0.25) is 10.0 Å². The molecule has 0 aliphatic carbocycles. The van der Waals surface area contributed by atoms with Gasteiger partial charge < -0.3 is 5.11 Å². The van der Waals surface area contributed by atoms with Crippen molar-refractivity contribution >= 4 is 39.0 Å². The molecule has 32 heavy (non-hydrogen) atoms. The number of aromatic carboxylic acids is 1. The van der Waals surface area contributed by atoms with Gasteiger partial charge in [-0.3, -0.25) is 0 Å². The molecule has 0 radical (unpaired) electrons. The first-order valence-electron chi connectivity index (χ1n) is 8.94. The molecule has 1 heterocycles. The summed E-state index contributed by atoms with van der Waals surface area (Å²) in [4.78, 5) is 10.9. The minimum atomic E-state index is -4.26. The van der Waals surface area contributed by atoms with Crippen LogP contribution in [0.3, 0.4) is 0 Å². The van der Waals surface area contributed by atoms with Crippen LogP contribution in [0.4, 0.5) is 4.39 Å². The van der Waals surface area contributed by atoms with E-state index in [2.05, 4.69) is 10.3 Å². The van der Waals surface area contributed by atoms with Crippen LogP contribution in [-0.4, -0.2) is 34.5 Å². The molecule has 0 spiro atoms. The van der Waals surface area contributed by atoms with Crippen molar-refractivity contribution in [2.75, 3.05) is 0 Å². The molecule has 0 aliphatic rings. The van der Waals surface area contributed by atoms with Gasteiger partial charge >= 0.3 is 5.97 Å². The van der Waals surface area contributed by atoms with E-state index < -0.39 is 26.6 Å². The molecule has 0 atom stereocenters. The van der Waals surface area contributed by atoms with Crippen LogP contribution in [0.25, 0.3) is 16.9 Å². The number of benzene rings is 3. The molecule has 0 saturated carbocycles. The van der Waals surface area contributed by atoms with Gasteiger partial charge in [-0.25, -0.2) is 22.3 Å². The second kappa shape index (κ2) is 8.34. The molecule has 0 aliphatic heterocycles. The number of carboxylic acids is 1. The molecule has 0 amide bonds. The molecule has 0 unspecified atom stereocenters. The summed E-state index contributed by atoms with van der Waals surface area (Å²) in [7, 11) is -4.26. The molecule has 0 bridgehead atoms. The van der Waals surface area contributed by atoms with Gasteiger partial charge in [0.2, 0.25) is 14.9 Å². The average molecular weight is 492 g/mol. The SMILES string of the molecule is O=C(O)c1ccc(-n2nnc(S(=O)(=O)c3ccc(Cl)cc3Cl)c2-c2ccc(F)cc2)cc1. The van der Waals surface area contributed by atoms with E-state index in [9.17, 15) is 17.6 Å². The van der Waals surface area contributed by atoms with E-state index in [1.54, 1.807) is 0 Å². The fourth-order valence-corrected chi connectivity index (χ4v) is 5.11. The standard InChI is InChI=1S/C21H12Cl2FN3O4S/c22-14-5-10-18(17(23)11-14)32(30,31)20-19(12-1-6-15(24)7-2-12)27(26-25-20)16-8-3-13(4-9-16)21(28)29/h1-11H,(H,28,29). The van der Waals surface area contributed by atoms with E-state index in [-0.39, 0.29) is 26.2 Å². The summed E-state index contributed by atoms with van der Waals surface area (Å²) in [5.74, 6) is -1.63. The predicted molar refractivity (Wildman–Crippen MR) is 116 cm³/mol. The fourth-order valence-electron chi connectivity index (χ4n) is 3.03. The van der Waals surface area contributed by atoms with Crippen LogP contribution >= 0.6 is 23.2 Å². The van der Waals surface area contributed by atoms with Crippen LogP contribution < -0.4 is 0 Å². The maximum absolute atomic E-state index is 13.5. The Balaban J connectivity index is 1.96. The lowest BCUT2D eigenvalue weighted by molar-refractivity contribution is 0.0697. The zero-order valence-corrected chi connectivity index (χ0v) is 18.2. The van der Waals surface area contributed by atoms with Crippen molar-refractivity contribution in [2.24, 2.45) is 0 Å². The van der Waals surface area contributed by atoms with Gasteiger partial charge in [-0.1, -0.05) is 28.4 Å². The molecule has 4 aromatic rings. The summed E-state index contributed by atoms with van der Waals surface area (Å²) in [5, 5.41) is 16.7. The average Bonchev–Trinajstić information content (AvgIpc) is 3.20. The minimum Gasteiger partial charge on any atom is -0.478 e. The molecule has 4 rings (SSSR count). The summed E-state index contributed by atoms with van der Waals surface area (Å²) in [6.07, 6.45) is 0. The molecular weight excluding hydrogens is 480 g/mol. The molecule has 1 aromatic heterocycles. The third-order valence-corrected chi connectivity index (χ3v) is 6.93. The summed E-state index contributed by atoms with van der Waals surface area (Å²) >= 11 is 12.0. The highest BCUT2D eigenvalue weighted by molar-refractivity contribution is 7.91. The first-order chi connectivity index (χ1) is 15.2. The monoisotopic (exact) mass is 491 g/mol. The van der Waals surface area contributed by atoms with Gasteiger partial charge in [-0.2, -0.15) is 0 Å². The first kappa shape index (κ1) is 21.9. The van der Waals surface area contributed by atoms with E-state index in [0.29, 0.717) is 11.3 Å². The zero-order chi connectivity index (χ0) is 23.0. The number of rotatable bonds is 5. The van der Waals surface area contributed by atoms with Gasteiger partial charge in [-0.15, -0.1) is 5.10 Å². The number of nitrogens with zero attached hydrogens (tertiary/aromatic N) is 3. The van der Waals surface area contributed by atoms with E-state index in [4.69, 9.17) is 28.3 Å². The molecular formula is C21H12Cl2FN3O4S. The second-order valence-corrected chi connectivity index (χ2v) is 9.27. The van der Waals surface area contributed by atoms with Crippen molar-refractivity contribution in [2.45, 2.75) is 9.92 Å². The zero-order valence-electron chi connectivity index (χ0n) is 15.9. The Kier molecular flexibility index (Phi) is 5.72. The van der Waals surface area contributed by atoms with Gasteiger partial charge in [-0.05, 0) is 66.7 Å². The van der Waals surface area contributed by atoms with Crippen LogP contribution in [0, 0.1) is 5.82 Å². The van der Waals surface area contributed by atoms with Gasteiger partial charge in [0.05, 0.1) is 21.2 Å². The molecule has 0 fully saturated rings. The summed E-state index contributed by atoms with van der Waals surface area (Å²) in [6.45, 7) is 0. The summed E-state index contributed by atoms with van der Waals surface area (Å²) in [6, 6.07) is 14.7. The van der Waals surface area contributed by atoms with Gasteiger partial charge in [0.25, 0.3) is 0 Å². The Morgan fingerprint density at radius 2 is 1.62 bits per heavy atom. The van der Waals surface area contributed by atoms with Crippen LogP contribution in [-0.2, 0) is 9.84 Å². The Bertz CT molecular complexity index is 1440. The van der Waals surface area contributed by atoms with Crippen molar-refractivity contribution < 1.29 is 22.7 Å². The number of carboxylic acid groups (broad SMARTS) is 1. The van der Waals surface area contributed by atoms with Gasteiger partial charge in [0, 0.05) is 10.6 Å². The van der Waals surface area contributed by atoms with E-state index >= 15 is 0 Å². The van der Waals surface area contributed by atoms with Crippen molar-refractivity contribution in [3.63, 3.8) is 0 Å². The highest BCUT2D eigenvalue weighted by atomic mass is 35.5. The predicted octanol–water partition coefficient (Wildman–Crippen LogP) is 4.91. The van der Waals surface area contributed by atoms with E-state index in [1.165, 1.54) is 71.4 Å². The lowest BCUT2D eigenvalue weighted by Gasteiger charge is -2.10. The lowest BCUT2D eigenvalue weighted by Crippen LogP contribution is -2.07. The number of aromatic nitrogens is 3. The summed E-state index contributed by atoms with van der Waals surface area (Å²) in [5.41, 5.74) is 0.768. The third kappa shape index (κ3) is 3.97. The number of hydrogen-bond donors (Lipinski definition) is 1. The van der Waals surface area contributed by atoms with Gasteiger partial charge in [0.15, 0.2) is 0 Å². The van der Waals surface area contributed by atoms with Crippen LogP contribution in [0.5, 0.6) is 0 Å². The third-order valence-electron chi connectivity index (χ3n) is 4.55. The maximum Gasteiger partial charge on any atom is 0.335 e. The van der Waals surface area contributed by atoms with Crippen molar-refractivity contribution in [3.8, 4) is 16.9 Å². The van der Waals surface area contributed by atoms with Crippen LogP contribution in [0.15, 0.2) is 76.7 Å². The largest absolute Gasteiger partial charge is 0.478 e. The van der Waals surface area contributed by atoms with Crippen molar-refractivity contribution in [1.82, 2.24) is 15.0 Å². The van der Waals surface area contributed by atoms with Crippen molar-refractivity contribution in [3.05, 3.63) is 88.2 Å². The molecule has 11 heteroatoms. The van der Waals surface area contributed by atoms with E-state index in [0.717, 1.165) is 0 Å². The molecule has 1 N–H and O–H groups in total. The number of sulfone groups is 1. The van der Waals surface area contributed by atoms with E-state index in [1.807, 2.05) is 0 Å². The number of carbonyl (C=O) groups is 1. The fraction of sp³-hybridized carbons (Fsp3) is 0. The Labute approximate surface area is 191 Å². The normalized spacial score (nSPS) is 11.5. The molecule has 162 valence electrons. The topological polar surface area (TPSA) is 102 Å². The Hall–Kier alpha value is -3.27. The highest BCUT2D eigenvalue weighted by Crippen LogP contribution is 2.35. The van der Waals surface area contributed by atoms with Crippen LogP contribution in [0.1, 0.15) is 10.4 Å². The Morgan fingerprint density at radius 3 is 2.22 bits per heavy atom.